The van der Waals surface area contributed by atoms with Gasteiger partial charge in [0.1, 0.15) is 0 Å². The summed E-state index contributed by atoms with van der Waals surface area (Å²) in [5, 5.41) is 19.5. The Balaban J connectivity index is 0.000000246. The molecule has 0 amide bonds. The maximum atomic E-state index is 11.0. The van der Waals surface area contributed by atoms with E-state index in [0.717, 1.165) is 12.8 Å². The molecule has 0 unspecified atom stereocenters. The van der Waals surface area contributed by atoms with E-state index in [-0.39, 0.29) is 5.03 Å². The molecule has 7 nitrogen and oxygen atoms in total. The average molecular weight is 318 g/mol. The zero-order valence-corrected chi connectivity index (χ0v) is 12.7. The number of primary sulfonamides is 1. The van der Waals surface area contributed by atoms with Crippen molar-refractivity contribution in [3.05, 3.63) is 18.3 Å². The number of sulfonamides is 1. The molecule has 112 valence electrons. The van der Waals surface area contributed by atoms with Gasteiger partial charge in [-0.2, -0.15) is 16.9 Å². The second-order valence-electron chi connectivity index (χ2n) is 3.90. The lowest BCUT2D eigenvalue weighted by molar-refractivity contribution is 0.287. The molecule has 2 aromatic heterocycles. The fourth-order valence-electron chi connectivity index (χ4n) is 1.40. The van der Waals surface area contributed by atoms with Crippen LogP contribution in [-0.2, 0) is 10.0 Å². The quantitative estimate of drug-likeness (QED) is 0.698. The molecule has 0 saturated carbocycles. The van der Waals surface area contributed by atoms with E-state index in [4.69, 9.17) is 10.2 Å². The van der Waals surface area contributed by atoms with Crippen molar-refractivity contribution in [3.8, 4) is 0 Å². The van der Waals surface area contributed by atoms with Gasteiger partial charge < -0.3 is 5.11 Å². The van der Waals surface area contributed by atoms with Gasteiger partial charge in [-0.25, -0.2) is 18.5 Å². The Morgan fingerprint density at radius 3 is 2.80 bits per heavy atom. The van der Waals surface area contributed by atoms with Crippen LogP contribution < -0.4 is 5.14 Å². The fourth-order valence-corrected chi connectivity index (χ4v) is 2.53. The van der Waals surface area contributed by atoms with Crippen molar-refractivity contribution in [1.29, 1.82) is 0 Å². The van der Waals surface area contributed by atoms with Crippen LogP contribution in [0.2, 0.25) is 0 Å². The topological polar surface area (TPSA) is 122 Å². The van der Waals surface area contributed by atoms with Crippen molar-refractivity contribution in [1.82, 2.24) is 15.2 Å². The molecule has 2 aromatic rings. The summed E-state index contributed by atoms with van der Waals surface area (Å²) in [5.41, 5.74) is 0.339. The summed E-state index contributed by atoms with van der Waals surface area (Å²) in [6, 6.07) is 3.21. The number of nitrogens with zero attached hydrogens (tertiary/aromatic N) is 2. The number of thioether (sulfide) groups is 1. The number of nitrogens with one attached hydrogen (secondary N) is 1. The number of hydrogen-bond donors (Lipinski definition) is 3. The molecule has 0 aliphatic carbocycles. The Kier molecular flexibility index (Phi) is 6.93. The standard InChI is InChI=1S/C6H6N4O2S.C5H12OS/c7-13(11,12)6-4-2-1-3-8-5(4)9-10-6;1-7-5-3-2-4-6/h1-3H,(H2,7,11,12)(H,8,9,10);6H,2-5H2,1H3. The minimum atomic E-state index is -3.74. The molecule has 9 heteroatoms. The first-order valence-corrected chi connectivity index (χ1v) is 8.86. The first-order chi connectivity index (χ1) is 9.50. The summed E-state index contributed by atoms with van der Waals surface area (Å²) >= 11 is 1.83. The van der Waals surface area contributed by atoms with E-state index in [0.29, 0.717) is 17.6 Å². The lowest BCUT2D eigenvalue weighted by Crippen LogP contribution is -2.12. The van der Waals surface area contributed by atoms with Gasteiger partial charge in [0.05, 0.1) is 5.39 Å². The molecule has 0 radical (unpaired) electrons. The molecule has 4 N–H and O–H groups in total. The van der Waals surface area contributed by atoms with Crippen LogP contribution in [0.5, 0.6) is 0 Å². The molecule has 0 bridgehead atoms. The van der Waals surface area contributed by atoms with Crippen molar-refractivity contribution in [2.24, 2.45) is 5.14 Å². The summed E-state index contributed by atoms with van der Waals surface area (Å²) in [6.07, 6.45) is 5.71. The zero-order valence-electron chi connectivity index (χ0n) is 11.1. The van der Waals surface area contributed by atoms with Crippen molar-refractivity contribution in [3.63, 3.8) is 0 Å². The summed E-state index contributed by atoms with van der Waals surface area (Å²) < 4.78 is 22.0. The summed E-state index contributed by atoms with van der Waals surface area (Å²) in [6.45, 7) is 0.348. The third-order valence-corrected chi connectivity index (χ3v) is 3.91. The average Bonchev–Trinajstić information content (AvgIpc) is 2.84. The molecule has 2 rings (SSSR count). The second-order valence-corrected chi connectivity index (χ2v) is 6.38. The number of rotatable bonds is 5. The number of unbranched alkanes of at least 4 members (excludes halogenated alkanes) is 1. The number of aromatic nitrogens is 3. The Labute approximate surface area is 122 Å². The first-order valence-electron chi connectivity index (χ1n) is 5.92. The predicted octanol–water partition coefficient (Wildman–Crippen LogP) is 0.727. The zero-order chi connectivity index (χ0) is 15.0. The van der Waals surface area contributed by atoms with Crippen LogP contribution >= 0.6 is 11.8 Å². The Morgan fingerprint density at radius 2 is 2.20 bits per heavy atom. The van der Waals surface area contributed by atoms with Crippen LogP contribution in [0.1, 0.15) is 12.8 Å². The minimum Gasteiger partial charge on any atom is -0.396 e. The molecule has 0 spiro atoms. The molecular formula is C11H18N4O3S2. The van der Waals surface area contributed by atoms with Gasteiger partial charge in [-0.3, -0.25) is 5.10 Å². The van der Waals surface area contributed by atoms with E-state index in [2.05, 4.69) is 21.4 Å². The van der Waals surface area contributed by atoms with Crippen molar-refractivity contribution < 1.29 is 13.5 Å². The number of aliphatic hydroxyl groups is 1. The molecule has 0 aliphatic heterocycles. The Bertz CT molecular complexity index is 623. The number of aliphatic hydroxyl groups excluding tert-OH is 1. The van der Waals surface area contributed by atoms with Gasteiger partial charge in [0.25, 0.3) is 10.0 Å². The number of nitrogens with two attached hydrogens (primary N) is 1. The molecule has 0 aromatic carbocycles. The van der Waals surface area contributed by atoms with Crippen LogP contribution in [0.3, 0.4) is 0 Å². The van der Waals surface area contributed by atoms with Gasteiger partial charge in [-0.1, -0.05) is 0 Å². The van der Waals surface area contributed by atoms with Gasteiger partial charge in [-0.15, -0.1) is 0 Å². The fraction of sp³-hybridized carbons (Fsp3) is 0.455. The molecule has 20 heavy (non-hydrogen) atoms. The van der Waals surface area contributed by atoms with Crippen molar-refractivity contribution in [2.45, 2.75) is 17.9 Å². The molecule has 0 atom stereocenters. The van der Waals surface area contributed by atoms with Gasteiger partial charge in [0.2, 0.25) is 0 Å². The maximum Gasteiger partial charge on any atom is 0.255 e. The normalized spacial score (nSPS) is 11.2. The molecule has 0 aliphatic rings. The van der Waals surface area contributed by atoms with E-state index >= 15 is 0 Å². The highest BCUT2D eigenvalue weighted by atomic mass is 32.2. The van der Waals surface area contributed by atoms with Gasteiger partial charge in [0.15, 0.2) is 10.7 Å². The van der Waals surface area contributed by atoms with Crippen LogP contribution in [0.4, 0.5) is 0 Å². The van der Waals surface area contributed by atoms with Crippen molar-refractivity contribution in [2.75, 3.05) is 18.6 Å². The van der Waals surface area contributed by atoms with E-state index in [9.17, 15) is 8.42 Å². The molecular weight excluding hydrogens is 300 g/mol. The summed E-state index contributed by atoms with van der Waals surface area (Å²) in [4.78, 5) is 3.85. The highest BCUT2D eigenvalue weighted by Crippen LogP contribution is 2.15. The van der Waals surface area contributed by atoms with Crippen molar-refractivity contribution >= 4 is 32.8 Å². The van der Waals surface area contributed by atoms with Crippen LogP contribution in [-0.4, -0.2) is 47.3 Å². The number of hydrogen-bond acceptors (Lipinski definition) is 6. The minimum absolute atomic E-state index is 0.101. The number of fused-ring (bicyclic) bond motifs is 1. The lowest BCUT2D eigenvalue weighted by Gasteiger charge is -1.91. The Hall–Kier alpha value is -1.16. The Morgan fingerprint density at radius 1 is 1.45 bits per heavy atom. The highest BCUT2D eigenvalue weighted by molar-refractivity contribution is 7.98. The lowest BCUT2D eigenvalue weighted by atomic mass is 10.4. The monoisotopic (exact) mass is 318 g/mol. The maximum absolute atomic E-state index is 11.0. The first kappa shape index (κ1) is 16.9. The summed E-state index contributed by atoms with van der Waals surface area (Å²) in [7, 11) is -3.74. The van der Waals surface area contributed by atoms with E-state index in [1.165, 1.54) is 11.9 Å². The number of H-pyrrole nitrogens is 1. The molecule has 0 fully saturated rings. The highest BCUT2D eigenvalue weighted by Gasteiger charge is 2.15. The van der Waals surface area contributed by atoms with E-state index in [1.54, 1.807) is 12.1 Å². The summed E-state index contributed by atoms with van der Waals surface area (Å²) in [5.74, 6) is 1.18. The number of pyridine rings is 1. The predicted molar refractivity (Wildman–Crippen MR) is 80.0 cm³/mol. The smallest absolute Gasteiger partial charge is 0.255 e. The van der Waals surface area contributed by atoms with Gasteiger partial charge in [0, 0.05) is 12.8 Å². The largest absolute Gasteiger partial charge is 0.396 e. The number of aromatic amines is 1. The molecule has 0 saturated heterocycles. The SMILES string of the molecule is CSCCCCO.NS(=O)(=O)c1[nH]nc2ncccc12. The third-order valence-electron chi connectivity index (χ3n) is 2.34. The van der Waals surface area contributed by atoms with E-state index < -0.39 is 10.0 Å². The second kappa shape index (κ2) is 8.20. The van der Waals surface area contributed by atoms with Crippen LogP contribution in [0.25, 0.3) is 11.0 Å². The van der Waals surface area contributed by atoms with E-state index in [1.807, 2.05) is 11.8 Å². The van der Waals surface area contributed by atoms with Gasteiger partial charge in [-0.05, 0) is 37.0 Å². The third kappa shape index (κ3) is 5.08. The van der Waals surface area contributed by atoms with Crippen LogP contribution in [0, 0.1) is 0 Å². The van der Waals surface area contributed by atoms with Crippen LogP contribution in [0.15, 0.2) is 23.4 Å². The molecule has 2 heterocycles. The van der Waals surface area contributed by atoms with Gasteiger partial charge >= 0.3 is 0 Å².